The van der Waals surface area contributed by atoms with E-state index in [2.05, 4.69) is 15.5 Å². The van der Waals surface area contributed by atoms with Gasteiger partial charge in [0, 0.05) is 24.1 Å². The zero-order chi connectivity index (χ0) is 34.0. The number of carboxylic acid groups (broad SMARTS) is 2. The van der Waals surface area contributed by atoms with E-state index in [1.54, 1.807) is 18.2 Å². The number of likely N-dealkylation sites (N-methyl/N-ethyl adjacent to an activating group) is 1. The number of oxime groups is 1. The van der Waals surface area contributed by atoms with Gasteiger partial charge in [0.15, 0.2) is 22.3 Å². The third-order valence-electron chi connectivity index (χ3n) is 7.74. The lowest BCUT2D eigenvalue weighted by atomic mass is 9.86. The van der Waals surface area contributed by atoms with E-state index in [4.69, 9.17) is 10.6 Å². The summed E-state index contributed by atoms with van der Waals surface area (Å²) in [6.45, 7) is 3.49. The van der Waals surface area contributed by atoms with Gasteiger partial charge in [0.25, 0.3) is 5.91 Å². The number of aliphatic carboxylic acids is 2. The zero-order valence-electron chi connectivity index (χ0n) is 25.6. The number of β-lactam (4-membered cyclic amide) rings is 1. The summed E-state index contributed by atoms with van der Waals surface area (Å²) in [6.07, 6.45) is 3.93. The summed E-state index contributed by atoms with van der Waals surface area (Å²) in [5, 5.41) is 48.3. The fourth-order valence-electron chi connectivity index (χ4n) is 4.71. The van der Waals surface area contributed by atoms with Crippen LogP contribution in [0.5, 0.6) is 11.5 Å². The second-order valence-electron chi connectivity index (χ2n) is 12.3. The molecule has 4 rings (SSSR count). The number of nitrogen functional groups attached to an aromatic ring is 1. The fourth-order valence-corrected chi connectivity index (χ4v) is 6.76. The number of quaternary nitrogens is 1. The van der Waals surface area contributed by atoms with Crippen molar-refractivity contribution < 1.29 is 48.9 Å². The van der Waals surface area contributed by atoms with Crippen molar-refractivity contribution in [3.05, 3.63) is 47.0 Å². The summed E-state index contributed by atoms with van der Waals surface area (Å²) in [4.78, 5) is 60.7. The summed E-state index contributed by atoms with van der Waals surface area (Å²) >= 11 is 2.22. The molecule has 0 spiro atoms. The number of amides is 2. The lowest BCUT2D eigenvalue weighted by molar-refractivity contribution is -0.884. The highest BCUT2D eigenvalue weighted by atomic mass is 32.2. The van der Waals surface area contributed by atoms with E-state index in [1.807, 2.05) is 14.1 Å². The van der Waals surface area contributed by atoms with E-state index in [9.17, 15) is 39.6 Å². The van der Waals surface area contributed by atoms with Crippen LogP contribution in [0.4, 0.5) is 5.13 Å². The van der Waals surface area contributed by atoms with Crippen molar-refractivity contribution in [1.29, 1.82) is 0 Å². The highest BCUT2D eigenvalue weighted by Crippen LogP contribution is 2.42. The number of carbonyl (C=O) groups excluding carboxylic acids is 3. The Balaban J connectivity index is 1.40. The molecule has 0 bridgehead atoms. The predicted molar refractivity (Wildman–Crippen MR) is 168 cm³/mol. The number of hydrogen-bond acceptors (Lipinski definition) is 13. The van der Waals surface area contributed by atoms with Crippen LogP contribution in [-0.2, 0) is 30.4 Å². The smallest absolute Gasteiger partial charge is 0.350 e. The number of hydrogen-bond donors (Lipinski definition) is 5. The SMILES string of the molecule is CC(C)(ON=C(C(=O)NC1C(=O)N2CC(C=CC[N+](C)(C)CCc3ccc(O)c(O)c3)(C(=O)[O-])CS[C@H]12)c1csc(N)n1)C(=O)O. The number of phenolic OH excluding ortho intramolecular Hbond substituents is 2. The van der Waals surface area contributed by atoms with Crippen LogP contribution >= 0.6 is 23.1 Å². The summed E-state index contributed by atoms with van der Waals surface area (Å²) in [5.74, 6) is -4.28. The van der Waals surface area contributed by atoms with E-state index in [0.29, 0.717) is 24.0 Å². The number of rotatable bonds is 13. The molecule has 0 saturated carbocycles. The summed E-state index contributed by atoms with van der Waals surface area (Å²) in [6, 6.07) is 3.66. The molecule has 1 aromatic carbocycles. The fraction of sp³-hybridized carbons (Fsp3) is 0.448. The number of thiazole rings is 1. The van der Waals surface area contributed by atoms with Gasteiger partial charge in [0.2, 0.25) is 11.5 Å². The van der Waals surface area contributed by atoms with Crippen LogP contribution in [0.25, 0.3) is 0 Å². The largest absolute Gasteiger partial charge is 0.549 e. The lowest BCUT2D eigenvalue weighted by Crippen LogP contribution is -2.74. The van der Waals surface area contributed by atoms with Gasteiger partial charge in [-0.05, 0) is 37.6 Å². The molecule has 2 amide bonds. The van der Waals surface area contributed by atoms with Crippen LogP contribution < -0.4 is 16.2 Å². The number of carboxylic acids is 2. The Morgan fingerprint density at radius 2 is 2.02 bits per heavy atom. The van der Waals surface area contributed by atoms with Crippen LogP contribution in [0.2, 0.25) is 0 Å². The quantitative estimate of drug-likeness (QED) is 0.0462. The van der Waals surface area contributed by atoms with Gasteiger partial charge in [0.05, 0.1) is 38.6 Å². The molecule has 2 aliphatic heterocycles. The Hall–Kier alpha value is -4.35. The van der Waals surface area contributed by atoms with E-state index in [-0.39, 0.29) is 40.3 Å². The second kappa shape index (κ2) is 13.2. The molecule has 0 radical (unpaired) electrons. The predicted octanol–water partition coefficient (Wildman–Crippen LogP) is -0.268. The monoisotopic (exact) mass is 676 g/mol. The first-order valence-electron chi connectivity index (χ1n) is 14.1. The molecule has 2 unspecified atom stereocenters. The number of thioether (sulfide) groups is 1. The number of phenols is 2. The molecule has 2 aromatic rings. The second-order valence-corrected chi connectivity index (χ2v) is 14.3. The minimum absolute atomic E-state index is 0.0322. The van der Waals surface area contributed by atoms with E-state index in [0.717, 1.165) is 16.9 Å². The third kappa shape index (κ3) is 7.54. The maximum Gasteiger partial charge on any atom is 0.350 e. The van der Waals surface area contributed by atoms with Gasteiger partial charge in [-0.25, -0.2) is 9.78 Å². The summed E-state index contributed by atoms with van der Waals surface area (Å²) in [7, 11) is 3.94. The standard InChI is InChI=1S/C29H36N6O9S2/c1-28(2,25(40)41)44-33-20(17-13-45-27(30)31-17)22(38)32-21-23(39)34-14-29(26(42)43,15-46-24(21)34)9-5-10-35(3,4)11-8-16-6-7-18(36)19(37)12-16/h5-7,9,12-13,21,24H,8,10-11,14-15H2,1-4H3,(H6-,30,31,32,33,36,37,38,40,41,42,43)/t21?,24-,29?/m1/s1. The van der Waals surface area contributed by atoms with Gasteiger partial charge in [0.1, 0.15) is 17.1 Å². The van der Waals surface area contributed by atoms with Crippen molar-refractivity contribution in [3.63, 3.8) is 0 Å². The Bertz CT molecular complexity index is 1590. The Morgan fingerprint density at radius 3 is 2.63 bits per heavy atom. The van der Waals surface area contributed by atoms with Gasteiger partial charge < -0.3 is 50.5 Å². The van der Waals surface area contributed by atoms with Crippen LogP contribution in [0, 0.1) is 5.41 Å². The molecule has 2 saturated heterocycles. The Morgan fingerprint density at radius 1 is 1.30 bits per heavy atom. The average Bonchev–Trinajstić information content (AvgIpc) is 3.41. The van der Waals surface area contributed by atoms with Crippen molar-refractivity contribution in [3.8, 4) is 11.5 Å². The molecule has 6 N–H and O–H groups in total. The number of anilines is 1. The molecular formula is C29H36N6O9S2. The molecule has 15 nitrogen and oxygen atoms in total. The van der Waals surface area contributed by atoms with E-state index in [1.165, 1.54) is 48.0 Å². The Kier molecular flexibility index (Phi) is 9.89. The molecule has 248 valence electrons. The summed E-state index contributed by atoms with van der Waals surface area (Å²) in [5.41, 5.74) is 2.99. The minimum Gasteiger partial charge on any atom is -0.549 e. The van der Waals surface area contributed by atoms with Crippen molar-refractivity contribution in [2.45, 2.75) is 37.3 Å². The van der Waals surface area contributed by atoms with Crippen LogP contribution in [0.15, 0.2) is 40.9 Å². The number of aromatic nitrogens is 1. The number of benzene rings is 1. The lowest BCUT2D eigenvalue weighted by Gasteiger charge is -2.54. The topological polar surface area (TPSA) is 228 Å². The van der Waals surface area contributed by atoms with Crippen LogP contribution in [0.1, 0.15) is 25.1 Å². The van der Waals surface area contributed by atoms with E-state index < -0.39 is 46.2 Å². The van der Waals surface area contributed by atoms with Crippen LogP contribution in [0.3, 0.4) is 0 Å². The van der Waals surface area contributed by atoms with Crippen molar-refractivity contribution >= 4 is 57.7 Å². The molecule has 3 atom stereocenters. The molecule has 3 heterocycles. The summed E-state index contributed by atoms with van der Waals surface area (Å²) < 4.78 is 0.496. The molecular weight excluding hydrogens is 640 g/mol. The van der Waals surface area contributed by atoms with E-state index >= 15 is 0 Å². The highest BCUT2D eigenvalue weighted by molar-refractivity contribution is 8.00. The molecule has 46 heavy (non-hydrogen) atoms. The number of nitrogens with two attached hydrogens (primary N) is 1. The van der Waals surface area contributed by atoms with Gasteiger partial charge in [-0.1, -0.05) is 17.3 Å². The van der Waals surface area contributed by atoms with Crippen molar-refractivity contribution in [2.24, 2.45) is 10.6 Å². The molecule has 1 aromatic heterocycles. The van der Waals surface area contributed by atoms with Crippen molar-refractivity contribution in [1.82, 2.24) is 15.2 Å². The number of nitrogens with zero attached hydrogens (tertiary/aromatic N) is 4. The normalized spacial score (nSPS) is 21.9. The first-order chi connectivity index (χ1) is 21.4. The average molecular weight is 677 g/mol. The first kappa shape index (κ1) is 34.5. The number of nitrogens with one attached hydrogen (secondary N) is 1. The van der Waals surface area contributed by atoms with Crippen LogP contribution in [-0.4, -0.2) is 116 Å². The van der Waals surface area contributed by atoms with Gasteiger partial charge in [-0.15, -0.1) is 23.1 Å². The van der Waals surface area contributed by atoms with Gasteiger partial charge >= 0.3 is 5.97 Å². The highest BCUT2D eigenvalue weighted by Gasteiger charge is 2.55. The number of aromatic hydroxyl groups is 2. The molecule has 2 aliphatic rings. The number of carbonyl (C=O) groups is 4. The number of fused-ring (bicyclic) bond motifs is 1. The maximum atomic E-state index is 13.2. The molecule has 17 heteroatoms. The van der Waals surface area contributed by atoms with Gasteiger partial charge in [-0.3, -0.25) is 9.59 Å². The molecule has 2 fully saturated rings. The van der Waals surface area contributed by atoms with Gasteiger partial charge in [-0.2, -0.15) is 0 Å². The molecule has 0 aliphatic carbocycles. The maximum absolute atomic E-state index is 13.2. The Labute approximate surface area is 272 Å². The first-order valence-corrected chi connectivity index (χ1v) is 16.0. The third-order valence-corrected chi connectivity index (χ3v) is 9.96. The zero-order valence-corrected chi connectivity index (χ0v) is 27.3. The van der Waals surface area contributed by atoms with Crippen molar-refractivity contribution in [2.75, 3.05) is 45.2 Å². The minimum atomic E-state index is -1.76.